The van der Waals surface area contributed by atoms with Gasteiger partial charge in [0.05, 0.1) is 27.9 Å². The average molecular weight is 548 g/mol. The fourth-order valence-corrected chi connectivity index (χ4v) is 4.48. The van der Waals surface area contributed by atoms with Gasteiger partial charge in [0.25, 0.3) is 11.8 Å². The number of para-hydroxylation sites is 1. The molecule has 1 heterocycles. The first-order valence-electron chi connectivity index (χ1n) is 13.0. The summed E-state index contributed by atoms with van der Waals surface area (Å²) >= 11 is 0. The summed E-state index contributed by atoms with van der Waals surface area (Å²) in [5, 5.41) is 0. The molecule has 0 saturated heterocycles. The number of esters is 2. The Balaban J connectivity index is 1.21. The van der Waals surface area contributed by atoms with Crippen molar-refractivity contribution in [1.82, 2.24) is 0 Å². The lowest BCUT2D eigenvalue weighted by molar-refractivity contribution is 0.0474. The lowest BCUT2D eigenvalue weighted by atomic mass is 10.1. The molecule has 0 bridgehead atoms. The fourth-order valence-electron chi connectivity index (χ4n) is 4.48. The Kier molecular flexibility index (Phi) is 7.56. The number of ether oxygens (including phenoxy) is 2. The van der Waals surface area contributed by atoms with E-state index in [1.807, 2.05) is 26.0 Å². The van der Waals surface area contributed by atoms with Crippen LogP contribution in [0.5, 0.6) is 5.75 Å². The van der Waals surface area contributed by atoms with E-state index in [9.17, 15) is 24.0 Å². The van der Waals surface area contributed by atoms with Gasteiger partial charge in [0, 0.05) is 5.56 Å². The molecule has 0 unspecified atom stereocenters. The van der Waals surface area contributed by atoms with Crippen molar-refractivity contribution in [3.8, 4) is 5.75 Å². The van der Waals surface area contributed by atoms with E-state index >= 15 is 0 Å². The summed E-state index contributed by atoms with van der Waals surface area (Å²) in [4.78, 5) is 64.9. The minimum Gasteiger partial charge on any atom is -0.454 e. The number of anilines is 1. The highest BCUT2D eigenvalue weighted by molar-refractivity contribution is 6.35. The number of amides is 2. The molecule has 5 rings (SSSR count). The molecule has 0 saturated carbocycles. The first kappa shape index (κ1) is 27.2. The molecule has 0 spiro atoms. The minimum atomic E-state index is -0.808. The van der Waals surface area contributed by atoms with Crippen LogP contribution < -0.4 is 9.64 Å². The number of hydrogen-bond acceptors (Lipinski definition) is 7. The van der Waals surface area contributed by atoms with Gasteiger partial charge in [-0.1, -0.05) is 42.8 Å². The quantitative estimate of drug-likeness (QED) is 0.122. The summed E-state index contributed by atoms with van der Waals surface area (Å²) in [6.45, 7) is 3.31. The maximum atomic E-state index is 13.2. The number of ketones is 1. The Bertz CT molecular complexity index is 1690. The second-order valence-corrected chi connectivity index (χ2v) is 9.47. The van der Waals surface area contributed by atoms with Gasteiger partial charge in [-0.2, -0.15) is 0 Å². The van der Waals surface area contributed by atoms with Crippen LogP contribution in [0.1, 0.15) is 69.8 Å². The van der Waals surface area contributed by atoms with Crippen molar-refractivity contribution < 1.29 is 33.4 Å². The van der Waals surface area contributed by atoms with Crippen LogP contribution in [0.15, 0.2) is 91.0 Å². The zero-order chi connectivity index (χ0) is 29.1. The van der Waals surface area contributed by atoms with Gasteiger partial charge in [-0.3, -0.25) is 14.4 Å². The second kappa shape index (κ2) is 11.4. The molecule has 0 aromatic heterocycles. The van der Waals surface area contributed by atoms with Crippen molar-refractivity contribution in [3.05, 3.63) is 130 Å². The standard InChI is InChI=1S/C33H25NO7/c1-3-21-6-4-5-7-28(21)34-30(36)26-17-14-24(18-27(26)31(34)37)32(38)40-19-29(35)22-12-15-25(16-13-22)41-33(39)23-10-8-20(2)9-11-23/h4-18H,3,19H2,1-2H3. The van der Waals surface area contributed by atoms with E-state index in [-0.39, 0.29) is 28.0 Å². The summed E-state index contributed by atoms with van der Waals surface area (Å²) in [5.74, 6) is -2.53. The topological polar surface area (TPSA) is 107 Å². The summed E-state index contributed by atoms with van der Waals surface area (Å²) in [5.41, 5.74) is 3.36. The van der Waals surface area contributed by atoms with Crippen molar-refractivity contribution in [2.45, 2.75) is 20.3 Å². The van der Waals surface area contributed by atoms with Crippen LogP contribution in [0.3, 0.4) is 0 Å². The van der Waals surface area contributed by atoms with E-state index in [2.05, 4.69) is 0 Å². The predicted molar refractivity (Wildman–Crippen MR) is 151 cm³/mol. The third-order valence-electron chi connectivity index (χ3n) is 6.74. The molecular weight excluding hydrogens is 522 g/mol. The van der Waals surface area contributed by atoms with Gasteiger partial charge in [0.15, 0.2) is 12.4 Å². The first-order chi connectivity index (χ1) is 19.8. The number of benzene rings is 4. The van der Waals surface area contributed by atoms with Crippen molar-refractivity contribution in [2.24, 2.45) is 0 Å². The Morgan fingerprint density at radius 3 is 2.05 bits per heavy atom. The fraction of sp³-hybridized carbons (Fsp3) is 0.121. The van der Waals surface area contributed by atoms with Crippen LogP contribution in [0, 0.1) is 6.92 Å². The van der Waals surface area contributed by atoms with Crippen LogP contribution in [-0.2, 0) is 11.2 Å². The lowest BCUT2D eigenvalue weighted by Crippen LogP contribution is -2.30. The predicted octanol–water partition coefficient (Wildman–Crippen LogP) is 5.62. The smallest absolute Gasteiger partial charge is 0.343 e. The van der Waals surface area contributed by atoms with Crippen LogP contribution in [-0.4, -0.2) is 36.1 Å². The minimum absolute atomic E-state index is 0.0432. The maximum absolute atomic E-state index is 13.2. The molecule has 0 aliphatic carbocycles. The molecule has 0 N–H and O–H groups in total. The number of carbonyl (C=O) groups excluding carboxylic acids is 5. The van der Waals surface area contributed by atoms with E-state index in [4.69, 9.17) is 9.47 Å². The third-order valence-corrected chi connectivity index (χ3v) is 6.74. The molecule has 1 aliphatic heterocycles. The van der Waals surface area contributed by atoms with E-state index in [0.29, 0.717) is 17.7 Å². The van der Waals surface area contributed by atoms with Gasteiger partial charge < -0.3 is 9.47 Å². The average Bonchev–Trinajstić information content (AvgIpc) is 3.24. The molecule has 8 nitrogen and oxygen atoms in total. The summed E-state index contributed by atoms with van der Waals surface area (Å²) in [6.07, 6.45) is 0.635. The largest absolute Gasteiger partial charge is 0.454 e. The van der Waals surface area contributed by atoms with Gasteiger partial charge >= 0.3 is 11.9 Å². The molecule has 4 aromatic carbocycles. The zero-order valence-corrected chi connectivity index (χ0v) is 22.4. The van der Waals surface area contributed by atoms with Gasteiger partial charge in [-0.25, -0.2) is 14.5 Å². The Labute approximate surface area is 236 Å². The summed E-state index contributed by atoms with van der Waals surface area (Å²) in [7, 11) is 0. The number of aryl methyl sites for hydroxylation is 2. The van der Waals surface area contributed by atoms with Crippen molar-refractivity contribution in [2.75, 3.05) is 11.5 Å². The molecule has 8 heteroatoms. The van der Waals surface area contributed by atoms with Crippen LogP contribution >= 0.6 is 0 Å². The lowest BCUT2D eigenvalue weighted by Gasteiger charge is -2.17. The maximum Gasteiger partial charge on any atom is 0.343 e. The highest BCUT2D eigenvalue weighted by atomic mass is 16.5. The second-order valence-electron chi connectivity index (χ2n) is 9.47. The normalized spacial score (nSPS) is 12.2. The van der Waals surface area contributed by atoms with Crippen LogP contribution in [0.4, 0.5) is 5.69 Å². The molecule has 1 aliphatic rings. The molecule has 204 valence electrons. The molecule has 2 amide bonds. The van der Waals surface area contributed by atoms with E-state index in [0.717, 1.165) is 16.0 Å². The van der Waals surface area contributed by atoms with Gasteiger partial charge in [-0.05, 0) is 79.6 Å². The van der Waals surface area contributed by atoms with Gasteiger partial charge in [-0.15, -0.1) is 0 Å². The van der Waals surface area contributed by atoms with Crippen LogP contribution in [0.2, 0.25) is 0 Å². The monoisotopic (exact) mass is 547 g/mol. The van der Waals surface area contributed by atoms with E-state index in [1.165, 1.54) is 42.5 Å². The van der Waals surface area contributed by atoms with Crippen molar-refractivity contribution in [1.29, 1.82) is 0 Å². The summed E-state index contributed by atoms with van der Waals surface area (Å²) in [6, 6.07) is 24.1. The number of imide groups is 1. The number of hydrogen-bond donors (Lipinski definition) is 0. The molecule has 4 aromatic rings. The van der Waals surface area contributed by atoms with Crippen LogP contribution in [0.25, 0.3) is 0 Å². The van der Waals surface area contributed by atoms with E-state index < -0.39 is 36.1 Å². The first-order valence-corrected chi connectivity index (χ1v) is 13.0. The third kappa shape index (κ3) is 5.53. The number of fused-ring (bicyclic) bond motifs is 1. The molecular formula is C33H25NO7. The van der Waals surface area contributed by atoms with Crippen molar-refractivity contribution in [3.63, 3.8) is 0 Å². The highest BCUT2D eigenvalue weighted by Crippen LogP contribution is 2.31. The number of carbonyl (C=O) groups is 5. The number of nitrogens with zero attached hydrogens (tertiary/aromatic N) is 1. The number of Topliss-reactive ketones (excluding diaryl/α,β-unsaturated/α-hetero) is 1. The van der Waals surface area contributed by atoms with Gasteiger partial charge in [0.2, 0.25) is 0 Å². The van der Waals surface area contributed by atoms with Gasteiger partial charge in [0.1, 0.15) is 5.75 Å². The highest BCUT2D eigenvalue weighted by Gasteiger charge is 2.38. The molecule has 41 heavy (non-hydrogen) atoms. The summed E-state index contributed by atoms with van der Waals surface area (Å²) < 4.78 is 10.5. The number of rotatable bonds is 8. The molecule has 0 radical (unpaired) electrons. The zero-order valence-electron chi connectivity index (χ0n) is 22.4. The molecule has 0 atom stereocenters. The Hall–Kier alpha value is -5.37. The molecule has 0 fully saturated rings. The van der Waals surface area contributed by atoms with Crippen molar-refractivity contribution >= 4 is 35.2 Å². The SMILES string of the molecule is CCc1ccccc1N1C(=O)c2ccc(C(=O)OCC(=O)c3ccc(OC(=O)c4ccc(C)cc4)cc3)cc2C1=O. The van der Waals surface area contributed by atoms with E-state index in [1.54, 1.807) is 36.4 Å². The Morgan fingerprint density at radius 2 is 1.34 bits per heavy atom. The Morgan fingerprint density at radius 1 is 0.707 bits per heavy atom.